The normalized spacial score (nSPS) is 24.6. The summed E-state index contributed by atoms with van der Waals surface area (Å²) in [5.41, 5.74) is 8.38. The van der Waals surface area contributed by atoms with Gasteiger partial charge in [-0.3, -0.25) is 0 Å². The average molecular weight is 254 g/mol. The molecule has 17 heavy (non-hydrogen) atoms. The number of benzene rings is 1. The van der Waals surface area contributed by atoms with Crippen LogP contribution in [0.4, 0.5) is 0 Å². The standard InChI is InChI=1S/C13H16ClNO2/c1-13(2)6-8(15)10-11(13)7(14)5-9-12(10)17-4-3-16-9/h5,8H,3-4,6,15H2,1-2H3/t8-/m1/s1. The summed E-state index contributed by atoms with van der Waals surface area (Å²) in [6.07, 6.45) is 0.891. The minimum atomic E-state index is -0.0193. The van der Waals surface area contributed by atoms with Gasteiger partial charge in [-0.2, -0.15) is 0 Å². The fraction of sp³-hybridized carbons (Fsp3) is 0.538. The van der Waals surface area contributed by atoms with Crippen molar-refractivity contribution in [2.45, 2.75) is 31.7 Å². The molecule has 2 aliphatic rings. The molecule has 92 valence electrons. The fourth-order valence-electron chi connectivity index (χ4n) is 2.97. The van der Waals surface area contributed by atoms with Crippen molar-refractivity contribution in [3.63, 3.8) is 0 Å². The predicted octanol–water partition coefficient (Wildman–Crippen LogP) is 2.79. The highest BCUT2D eigenvalue weighted by atomic mass is 35.5. The van der Waals surface area contributed by atoms with Gasteiger partial charge in [0, 0.05) is 22.7 Å². The molecule has 1 aromatic rings. The SMILES string of the molecule is CC1(C)C[C@@H](N)c2c3c(cc(Cl)c21)OCCO3. The summed E-state index contributed by atoms with van der Waals surface area (Å²) in [6, 6.07) is 1.84. The lowest BCUT2D eigenvalue weighted by Crippen LogP contribution is -2.18. The molecular formula is C13H16ClNO2. The molecule has 0 saturated heterocycles. The first-order chi connectivity index (χ1) is 8.00. The van der Waals surface area contributed by atoms with Crippen molar-refractivity contribution in [1.29, 1.82) is 0 Å². The highest BCUT2D eigenvalue weighted by Gasteiger charge is 2.41. The quantitative estimate of drug-likeness (QED) is 0.773. The minimum Gasteiger partial charge on any atom is -0.486 e. The predicted molar refractivity (Wildman–Crippen MR) is 67.0 cm³/mol. The molecular weight excluding hydrogens is 238 g/mol. The van der Waals surface area contributed by atoms with Crippen LogP contribution in [0.2, 0.25) is 5.02 Å². The lowest BCUT2D eigenvalue weighted by atomic mass is 9.86. The maximum atomic E-state index is 6.37. The Morgan fingerprint density at radius 2 is 2.06 bits per heavy atom. The van der Waals surface area contributed by atoms with Crippen molar-refractivity contribution in [1.82, 2.24) is 0 Å². The molecule has 1 aromatic carbocycles. The van der Waals surface area contributed by atoms with Crippen LogP contribution >= 0.6 is 11.6 Å². The highest BCUT2D eigenvalue weighted by molar-refractivity contribution is 6.32. The summed E-state index contributed by atoms with van der Waals surface area (Å²) in [7, 11) is 0. The van der Waals surface area contributed by atoms with Crippen LogP contribution < -0.4 is 15.2 Å². The molecule has 1 aliphatic heterocycles. The number of hydrogen-bond acceptors (Lipinski definition) is 3. The van der Waals surface area contributed by atoms with Gasteiger partial charge in [0.1, 0.15) is 13.2 Å². The summed E-state index contributed by atoms with van der Waals surface area (Å²) in [4.78, 5) is 0. The Bertz CT molecular complexity index is 485. The molecule has 0 saturated carbocycles. The molecule has 0 aromatic heterocycles. The average Bonchev–Trinajstić information content (AvgIpc) is 2.50. The van der Waals surface area contributed by atoms with E-state index in [4.69, 9.17) is 26.8 Å². The van der Waals surface area contributed by atoms with Gasteiger partial charge in [-0.15, -0.1) is 0 Å². The van der Waals surface area contributed by atoms with Gasteiger partial charge in [0.2, 0.25) is 0 Å². The molecule has 4 heteroatoms. The Morgan fingerprint density at radius 3 is 2.82 bits per heavy atom. The third kappa shape index (κ3) is 1.53. The zero-order valence-electron chi connectivity index (χ0n) is 10.0. The van der Waals surface area contributed by atoms with Gasteiger partial charge in [-0.1, -0.05) is 25.4 Å². The van der Waals surface area contributed by atoms with Crippen molar-refractivity contribution in [3.05, 3.63) is 22.2 Å². The van der Waals surface area contributed by atoms with E-state index in [1.165, 1.54) is 0 Å². The lowest BCUT2D eigenvalue weighted by Gasteiger charge is -2.25. The number of nitrogens with two attached hydrogens (primary N) is 1. The largest absolute Gasteiger partial charge is 0.486 e. The molecule has 1 atom stereocenters. The Kier molecular flexibility index (Phi) is 2.32. The topological polar surface area (TPSA) is 44.5 Å². The molecule has 2 N–H and O–H groups in total. The van der Waals surface area contributed by atoms with Gasteiger partial charge in [-0.05, 0) is 17.4 Å². The zero-order chi connectivity index (χ0) is 12.2. The number of ether oxygens (including phenoxy) is 2. The first-order valence-electron chi connectivity index (χ1n) is 5.89. The van der Waals surface area contributed by atoms with Gasteiger partial charge in [-0.25, -0.2) is 0 Å². The van der Waals surface area contributed by atoms with Gasteiger partial charge in [0.05, 0.1) is 0 Å². The van der Waals surface area contributed by atoms with Gasteiger partial charge in [0.25, 0.3) is 0 Å². The van der Waals surface area contributed by atoms with Crippen LogP contribution in [0.25, 0.3) is 0 Å². The van der Waals surface area contributed by atoms with Crippen LogP contribution in [0.1, 0.15) is 37.4 Å². The smallest absolute Gasteiger partial charge is 0.166 e. The van der Waals surface area contributed by atoms with E-state index in [0.29, 0.717) is 13.2 Å². The monoisotopic (exact) mass is 253 g/mol. The van der Waals surface area contributed by atoms with Crippen molar-refractivity contribution in [3.8, 4) is 11.5 Å². The maximum Gasteiger partial charge on any atom is 0.166 e. The van der Waals surface area contributed by atoms with E-state index in [9.17, 15) is 0 Å². The molecule has 1 heterocycles. The first-order valence-corrected chi connectivity index (χ1v) is 6.26. The van der Waals surface area contributed by atoms with E-state index in [2.05, 4.69) is 13.8 Å². The van der Waals surface area contributed by atoms with Crippen molar-refractivity contribution < 1.29 is 9.47 Å². The molecule has 0 bridgehead atoms. The van der Waals surface area contributed by atoms with E-state index in [-0.39, 0.29) is 11.5 Å². The third-order valence-electron chi connectivity index (χ3n) is 3.60. The Morgan fingerprint density at radius 1 is 1.35 bits per heavy atom. The number of rotatable bonds is 0. The van der Waals surface area contributed by atoms with Crippen LogP contribution in [0.5, 0.6) is 11.5 Å². The van der Waals surface area contributed by atoms with Crippen LogP contribution in [0.15, 0.2) is 6.07 Å². The van der Waals surface area contributed by atoms with Gasteiger partial charge >= 0.3 is 0 Å². The third-order valence-corrected chi connectivity index (χ3v) is 3.90. The number of halogens is 1. The van der Waals surface area contributed by atoms with E-state index in [1.54, 1.807) is 0 Å². The van der Waals surface area contributed by atoms with Crippen LogP contribution in [0, 0.1) is 0 Å². The van der Waals surface area contributed by atoms with E-state index < -0.39 is 0 Å². The first kappa shape index (κ1) is 11.2. The van der Waals surface area contributed by atoms with Crippen molar-refractivity contribution >= 4 is 11.6 Å². The van der Waals surface area contributed by atoms with Crippen LogP contribution in [-0.4, -0.2) is 13.2 Å². The maximum absolute atomic E-state index is 6.37. The van der Waals surface area contributed by atoms with E-state index in [0.717, 1.165) is 34.1 Å². The summed E-state index contributed by atoms with van der Waals surface area (Å²) in [5.74, 6) is 1.53. The summed E-state index contributed by atoms with van der Waals surface area (Å²) < 4.78 is 11.3. The highest BCUT2D eigenvalue weighted by Crippen LogP contribution is 2.53. The molecule has 1 aliphatic carbocycles. The zero-order valence-corrected chi connectivity index (χ0v) is 10.8. The van der Waals surface area contributed by atoms with Crippen molar-refractivity contribution in [2.75, 3.05) is 13.2 Å². The Balaban J connectivity index is 2.28. The Hall–Kier alpha value is -0.930. The minimum absolute atomic E-state index is 0.00166. The molecule has 3 nitrogen and oxygen atoms in total. The number of hydrogen-bond donors (Lipinski definition) is 1. The summed E-state index contributed by atoms with van der Waals surface area (Å²) >= 11 is 6.37. The molecule has 0 spiro atoms. The van der Waals surface area contributed by atoms with Crippen molar-refractivity contribution in [2.24, 2.45) is 5.73 Å². The number of fused-ring (bicyclic) bond motifs is 3. The Labute approximate surface area is 106 Å². The molecule has 0 radical (unpaired) electrons. The molecule has 3 rings (SSSR count). The second kappa shape index (κ2) is 3.53. The van der Waals surface area contributed by atoms with Crippen LogP contribution in [0.3, 0.4) is 0 Å². The summed E-state index contributed by atoms with van der Waals surface area (Å²) in [5, 5.41) is 0.738. The second-order valence-corrected chi connectivity index (χ2v) is 5.77. The fourth-order valence-corrected chi connectivity index (χ4v) is 3.43. The van der Waals surface area contributed by atoms with E-state index >= 15 is 0 Å². The van der Waals surface area contributed by atoms with Crippen LogP contribution in [-0.2, 0) is 5.41 Å². The molecule has 0 amide bonds. The van der Waals surface area contributed by atoms with E-state index in [1.807, 2.05) is 6.07 Å². The van der Waals surface area contributed by atoms with Gasteiger partial charge in [0.15, 0.2) is 11.5 Å². The molecule has 0 fully saturated rings. The lowest BCUT2D eigenvalue weighted by molar-refractivity contribution is 0.169. The molecule has 0 unspecified atom stereocenters. The summed E-state index contributed by atoms with van der Waals surface area (Å²) in [6.45, 7) is 5.48. The van der Waals surface area contributed by atoms with Gasteiger partial charge < -0.3 is 15.2 Å². The second-order valence-electron chi connectivity index (χ2n) is 5.37.